The van der Waals surface area contributed by atoms with Crippen molar-refractivity contribution in [2.45, 2.75) is 18.4 Å². The third-order valence-corrected chi connectivity index (χ3v) is 3.94. The Morgan fingerprint density at radius 1 is 1.19 bits per heavy atom. The van der Waals surface area contributed by atoms with Gasteiger partial charge in [0.05, 0.1) is 12.0 Å². The molecular formula is C19H18N2O5. The fourth-order valence-corrected chi connectivity index (χ4v) is 2.57. The molecule has 0 heterocycles. The summed E-state index contributed by atoms with van der Waals surface area (Å²) < 4.78 is 4.95. The van der Waals surface area contributed by atoms with E-state index in [0.29, 0.717) is 11.1 Å². The lowest BCUT2D eigenvalue weighted by molar-refractivity contribution is -0.384. The number of carbonyl (C=O) groups is 2. The van der Waals surface area contributed by atoms with Crippen LogP contribution in [0.4, 0.5) is 5.69 Å². The lowest BCUT2D eigenvalue weighted by atomic mass is 9.86. The number of ether oxygens (including phenoxy) is 1. The van der Waals surface area contributed by atoms with Crippen molar-refractivity contribution in [1.29, 1.82) is 0 Å². The van der Waals surface area contributed by atoms with Gasteiger partial charge in [-0.2, -0.15) is 0 Å². The van der Waals surface area contributed by atoms with E-state index in [1.54, 1.807) is 24.3 Å². The molecule has 0 radical (unpaired) electrons. The zero-order valence-electron chi connectivity index (χ0n) is 14.2. The van der Waals surface area contributed by atoms with Gasteiger partial charge in [-0.3, -0.25) is 15.1 Å². The van der Waals surface area contributed by atoms with Crippen LogP contribution in [-0.4, -0.2) is 30.5 Å². The molecule has 2 aromatic carbocycles. The summed E-state index contributed by atoms with van der Waals surface area (Å²) in [6, 6.07) is 14.6. The van der Waals surface area contributed by atoms with Gasteiger partial charge in [-0.05, 0) is 29.7 Å². The molecule has 0 amide bonds. The first kappa shape index (κ1) is 19.0. The van der Waals surface area contributed by atoms with E-state index in [1.807, 2.05) is 6.07 Å². The third kappa shape index (κ3) is 4.18. The van der Waals surface area contributed by atoms with Crippen molar-refractivity contribution in [2.75, 3.05) is 7.11 Å². The number of carbonyl (C=O) groups excluding carboxylic acids is 2. The van der Waals surface area contributed by atoms with Crippen LogP contribution in [0.1, 0.15) is 24.0 Å². The van der Waals surface area contributed by atoms with E-state index in [1.165, 1.54) is 37.6 Å². The Morgan fingerprint density at radius 2 is 1.85 bits per heavy atom. The first-order valence-corrected chi connectivity index (χ1v) is 7.91. The van der Waals surface area contributed by atoms with Gasteiger partial charge in [0.1, 0.15) is 6.29 Å². The van der Waals surface area contributed by atoms with Crippen LogP contribution >= 0.6 is 0 Å². The van der Waals surface area contributed by atoms with Crippen LogP contribution in [0.5, 0.6) is 0 Å². The topological polar surface area (TPSA) is 98.9 Å². The molecule has 26 heavy (non-hydrogen) atoms. The Bertz CT molecular complexity index is 802. The standard InChI is InChI=1S/C19H18N2O5/c1-26-18(23)19(12-5-13-22,16-6-3-2-4-7-16)20-14-15-8-10-17(11-9-15)21(24)25/h2-4,6-11,13-14H,5,12H2,1H3/t19-/m0/s1. The zero-order chi connectivity index (χ0) is 19.0. The van der Waals surface area contributed by atoms with E-state index < -0.39 is 16.4 Å². The Labute approximate surface area is 150 Å². The smallest absolute Gasteiger partial charge is 0.338 e. The molecular weight excluding hydrogens is 336 g/mol. The molecule has 0 aliphatic carbocycles. The van der Waals surface area contributed by atoms with Gasteiger partial charge in [-0.25, -0.2) is 4.79 Å². The van der Waals surface area contributed by atoms with Crippen molar-refractivity contribution >= 4 is 24.2 Å². The van der Waals surface area contributed by atoms with Gasteiger partial charge in [0.2, 0.25) is 0 Å². The number of esters is 1. The number of non-ortho nitro benzene ring substituents is 1. The number of rotatable bonds is 8. The summed E-state index contributed by atoms with van der Waals surface area (Å²) in [5.74, 6) is -0.580. The molecule has 0 saturated carbocycles. The van der Waals surface area contributed by atoms with E-state index in [4.69, 9.17) is 4.74 Å². The molecule has 0 aliphatic rings. The summed E-state index contributed by atoms with van der Waals surface area (Å²) in [5, 5.41) is 10.7. The van der Waals surface area contributed by atoms with Gasteiger partial charge in [0.15, 0.2) is 5.54 Å². The SMILES string of the molecule is COC(=O)[C@@](CCC=O)(N=Cc1ccc([N+](=O)[O-])cc1)c1ccccc1. The Balaban J connectivity index is 2.46. The summed E-state index contributed by atoms with van der Waals surface area (Å²) >= 11 is 0. The zero-order valence-corrected chi connectivity index (χ0v) is 14.2. The second-order valence-electron chi connectivity index (χ2n) is 5.53. The van der Waals surface area contributed by atoms with Gasteiger partial charge in [0, 0.05) is 24.8 Å². The molecule has 0 aromatic heterocycles. The van der Waals surface area contributed by atoms with Crippen molar-refractivity contribution < 1.29 is 19.2 Å². The molecule has 0 bridgehead atoms. The van der Waals surface area contributed by atoms with Gasteiger partial charge < -0.3 is 9.53 Å². The van der Waals surface area contributed by atoms with Gasteiger partial charge in [-0.1, -0.05) is 30.3 Å². The minimum Gasteiger partial charge on any atom is -0.467 e. The number of methoxy groups -OCH3 is 1. The quantitative estimate of drug-likeness (QED) is 0.238. The van der Waals surface area contributed by atoms with Crippen molar-refractivity contribution in [3.63, 3.8) is 0 Å². The molecule has 2 rings (SSSR count). The highest BCUT2D eigenvalue weighted by molar-refractivity contribution is 5.88. The van der Waals surface area contributed by atoms with E-state index in [0.717, 1.165) is 6.29 Å². The van der Waals surface area contributed by atoms with Crippen LogP contribution in [-0.2, 0) is 19.9 Å². The monoisotopic (exact) mass is 354 g/mol. The number of nitro groups is 1. The first-order valence-electron chi connectivity index (χ1n) is 7.91. The van der Waals surface area contributed by atoms with E-state index in [-0.39, 0.29) is 18.5 Å². The number of aldehydes is 1. The number of nitro benzene ring substituents is 1. The maximum Gasteiger partial charge on any atom is 0.338 e. The average Bonchev–Trinajstić information content (AvgIpc) is 2.69. The summed E-state index contributed by atoms with van der Waals surface area (Å²) in [4.78, 5) is 38.2. The molecule has 7 heteroatoms. The largest absolute Gasteiger partial charge is 0.467 e. The molecule has 0 saturated heterocycles. The van der Waals surface area contributed by atoms with Crippen LogP contribution in [0.3, 0.4) is 0 Å². The molecule has 2 aromatic rings. The molecule has 0 fully saturated rings. The van der Waals surface area contributed by atoms with Crippen molar-refractivity contribution in [1.82, 2.24) is 0 Å². The molecule has 134 valence electrons. The summed E-state index contributed by atoms with van der Waals surface area (Å²) in [7, 11) is 1.27. The number of hydrogen-bond donors (Lipinski definition) is 0. The van der Waals surface area contributed by atoms with Gasteiger partial charge in [-0.15, -0.1) is 0 Å². The minimum atomic E-state index is -1.36. The van der Waals surface area contributed by atoms with Crippen LogP contribution in [0.15, 0.2) is 59.6 Å². The van der Waals surface area contributed by atoms with E-state index in [2.05, 4.69) is 4.99 Å². The minimum absolute atomic E-state index is 0.0367. The van der Waals surface area contributed by atoms with Crippen molar-refractivity contribution in [2.24, 2.45) is 4.99 Å². The van der Waals surface area contributed by atoms with Crippen LogP contribution in [0, 0.1) is 10.1 Å². The van der Waals surface area contributed by atoms with Crippen LogP contribution < -0.4 is 0 Å². The molecule has 1 atom stereocenters. The van der Waals surface area contributed by atoms with Crippen LogP contribution in [0.2, 0.25) is 0 Å². The Hall–Kier alpha value is -3.35. The number of hydrogen-bond acceptors (Lipinski definition) is 6. The maximum atomic E-state index is 12.6. The highest BCUT2D eigenvalue weighted by Crippen LogP contribution is 2.32. The normalized spacial score (nSPS) is 13.1. The number of nitrogens with zero attached hydrogens (tertiary/aromatic N) is 2. The number of benzene rings is 2. The third-order valence-electron chi connectivity index (χ3n) is 3.94. The summed E-state index contributed by atoms with van der Waals surface area (Å²) in [5.41, 5.74) is -0.207. The maximum absolute atomic E-state index is 12.6. The first-order chi connectivity index (χ1) is 12.5. The molecule has 0 N–H and O–H groups in total. The molecule has 0 aliphatic heterocycles. The average molecular weight is 354 g/mol. The van der Waals surface area contributed by atoms with Gasteiger partial charge >= 0.3 is 5.97 Å². The highest BCUT2D eigenvalue weighted by atomic mass is 16.6. The highest BCUT2D eigenvalue weighted by Gasteiger charge is 2.40. The fraction of sp³-hybridized carbons (Fsp3) is 0.211. The summed E-state index contributed by atoms with van der Waals surface area (Å²) in [6.45, 7) is 0. The predicted molar refractivity (Wildman–Crippen MR) is 96.1 cm³/mol. The van der Waals surface area contributed by atoms with E-state index >= 15 is 0 Å². The molecule has 0 spiro atoms. The van der Waals surface area contributed by atoms with E-state index in [9.17, 15) is 19.7 Å². The van der Waals surface area contributed by atoms with Crippen LogP contribution in [0.25, 0.3) is 0 Å². The lowest BCUT2D eigenvalue weighted by Crippen LogP contribution is -2.35. The second-order valence-corrected chi connectivity index (χ2v) is 5.53. The summed E-state index contributed by atoms with van der Waals surface area (Å²) in [6.07, 6.45) is 2.46. The molecule has 7 nitrogen and oxygen atoms in total. The molecule has 0 unspecified atom stereocenters. The van der Waals surface area contributed by atoms with Crippen molar-refractivity contribution in [3.8, 4) is 0 Å². The lowest BCUT2D eigenvalue weighted by Gasteiger charge is -2.27. The second kappa shape index (κ2) is 8.66. The Morgan fingerprint density at radius 3 is 2.38 bits per heavy atom. The Kier molecular flexibility index (Phi) is 6.32. The predicted octanol–water partition coefficient (Wildman–Crippen LogP) is 3.06. The van der Waals surface area contributed by atoms with Crippen molar-refractivity contribution in [3.05, 3.63) is 75.8 Å². The number of aliphatic imine (C=N–C) groups is 1. The van der Waals surface area contributed by atoms with Gasteiger partial charge in [0.25, 0.3) is 5.69 Å². The fourth-order valence-electron chi connectivity index (χ4n) is 2.57.